The third-order valence-electron chi connectivity index (χ3n) is 4.10. The van der Waals surface area contributed by atoms with Crippen LogP contribution in [0, 0.1) is 25.6 Å². The van der Waals surface area contributed by atoms with Gasteiger partial charge in [-0.15, -0.1) is 0 Å². The fourth-order valence-electron chi connectivity index (χ4n) is 3.10. The van der Waals surface area contributed by atoms with Crippen molar-refractivity contribution >= 4 is 10.0 Å². The van der Waals surface area contributed by atoms with Gasteiger partial charge < -0.3 is 4.90 Å². The third-order valence-corrected chi connectivity index (χ3v) is 6.23. The minimum atomic E-state index is -3.57. The minimum absolute atomic E-state index is 0.234. The van der Waals surface area contributed by atoms with Crippen LogP contribution < -0.4 is 0 Å². The summed E-state index contributed by atoms with van der Waals surface area (Å²) in [5.41, 5.74) is 0.922. The van der Waals surface area contributed by atoms with Crippen molar-refractivity contribution in [2.24, 2.45) is 5.92 Å². The number of nitrogens with zero attached hydrogens (tertiary/aromatic N) is 2. The molecule has 1 aliphatic rings. The molecule has 1 aromatic carbocycles. The Kier molecular flexibility index (Phi) is 4.70. The maximum Gasteiger partial charge on any atom is 0.243 e. The van der Waals surface area contributed by atoms with Crippen LogP contribution in [0.1, 0.15) is 17.5 Å². The summed E-state index contributed by atoms with van der Waals surface area (Å²) in [5.74, 6) is -0.0418. The van der Waals surface area contributed by atoms with Crippen LogP contribution in [0.5, 0.6) is 0 Å². The van der Waals surface area contributed by atoms with E-state index in [4.69, 9.17) is 0 Å². The lowest BCUT2D eigenvalue weighted by molar-refractivity contribution is 0.356. The van der Waals surface area contributed by atoms with Crippen molar-refractivity contribution < 1.29 is 12.8 Å². The molecule has 1 saturated heterocycles. The van der Waals surface area contributed by atoms with E-state index in [1.807, 2.05) is 7.05 Å². The van der Waals surface area contributed by atoms with Crippen molar-refractivity contribution in [3.05, 3.63) is 29.1 Å². The van der Waals surface area contributed by atoms with Gasteiger partial charge in [-0.1, -0.05) is 0 Å². The molecule has 0 radical (unpaired) electrons. The number of halogens is 1. The molecule has 21 heavy (non-hydrogen) atoms. The quantitative estimate of drug-likeness (QED) is 0.854. The van der Waals surface area contributed by atoms with Gasteiger partial charge in [0.25, 0.3) is 0 Å². The van der Waals surface area contributed by atoms with Gasteiger partial charge >= 0.3 is 0 Å². The van der Waals surface area contributed by atoms with E-state index in [2.05, 4.69) is 4.90 Å². The minimum Gasteiger partial charge on any atom is -0.306 e. The molecule has 4 nitrogen and oxygen atoms in total. The summed E-state index contributed by atoms with van der Waals surface area (Å²) in [4.78, 5) is 2.44. The maximum absolute atomic E-state index is 13.4. The summed E-state index contributed by atoms with van der Waals surface area (Å²) in [6.45, 7) is 5.71. The fourth-order valence-corrected chi connectivity index (χ4v) is 4.75. The second-order valence-electron chi connectivity index (χ2n) is 6.07. The number of sulfonamides is 1. The lowest BCUT2D eigenvalue weighted by Gasteiger charge is -2.23. The zero-order valence-electron chi connectivity index (χ0n) is 13.1. The summed E-state index contributed by atoms with van der Waals surface area (Å²) in [6.07, 6.45) is 1.01. The molecular weight excluding hydrogens is 291 g/mol. The van der Waals surface area contributed by atoms with Crippen molar-refractivity contribution in [1.29, 1.82) is 0 Å². The zero-order valence-corrected chi connectivity index (χ0v) is 13.9. The topological polar surface area (TPSA) is 40.6 Å². The first-order chi connectivity index (χ1) is 9.71. The summed E-state index contributed by atoms with van der Waals surface area (Å²) in [5, 5.41) is 0. The van der Waals surface area contributed by atoms with E-state index in [-0.39, 0.29) is 4.90 Å². The predicted molar refractivity (Wildman–Crippen MR) is 81.3 cm³/mol. The SMILES string of the molecule is Cc1cc(F)cc(C)c1S(=O)(=O)N(C)CC1CCN(C)C1. The van der Waals surface area contributed by atoms with Crippen molar-refractivity contribution in [3.63, 3.8) is 0 Å². The molecule has 2 rings (SSSR count). The van der Waals surface area contributed by atoms with Crippen molar-refractivity contribution in [2.75, 3.05) is 33.7 Å². The van der Waals surface area contributed by atoms with Gasteiger partial charge in [0, 0.05) is 20.1 Å². The van der Waals surface area contributed by atoms with E-state index in [9.17, 15) is 12.8 Å². The summed E-state index contributed by atoms with van der Waals surface area (Å²) in [7, 11) is 0.0776. The Labute approximate surface area is 126 Å². The highest BCUT2D eigenvalue weighted by Crippen LogP contribution is 2.26. The van der Waals surface area contributed by atoms with E-state index >= 15 is 0 Å². The van der Waals surface area contributed by atoms with E-state index in [0.29, 0.717) is 23.6 Å². The maximum atomic E-state index is 13.4. The van der Waals surface area contributed by atoms with Gasteiger partial charge in [0.1, 0.15) is 5.82 Å². The smallest absolute Gasteiger partial charge is 0.243 e. The first-order valence-electron chi connectivity index (χ1n) is 7.13. The lowest BCUT2D eigenvalue weighted by Crippen LogP contribution is -2.33. The highest BCUT2D eigenvalue weighted by atomic mass is 32.2. The van der Waals surface area contributed by atoms with Crippen molar-refractivity contribution in [2.45, 2.75) is 25.2 Å². The van der Waals surface area contributed by atoms with Crippen LogP contribution in [-0.2, 0) is 10.0 Å². The largest absolute Gasteiger partial charge is 0.306 e. The number of likely N-dealkylation sites (tertiary alicyclic amines) is 1. The molecule has 1 unspecified atom stereocenters. The molecule has 0 aromatic heterocycles. The number of hydrogen-bond donors (Lipinski definition) is 0. The normalized spacial score (nSPS) is 20.4. The van der Waals surface area contributed by atoms with E-state index < -0.39 is 15.8 Å². The molecule has 1 fully saturated rings. The number of aryl methyl sites for hydroxylation is 2. The van der Waals surface area contributed by atoms with Gasteiger partial charge in [-0.25, -0.2) is 17.1 Å². The Balaban J connectivity index is 2.25. The van der Waals surface area contributed by atoms with Crippen LogP contribution in [0.25, 0.3) is 0 Å². The first kappa shape index (κ1) is 16.4. The van der Waals surface area contributed by atoms with Crippen LogP contribution in [0.3, 0.4) is 0 Å². The molecule has 0 aliphatic carbocycles. The van der Waals surface area contributed by atoms with Crippen LogP contribution >= 0.6 is 0 Å². The second kappa shape index (κ2) is 6.02. The van der Waals surface area contributed by atoms with Gasteiger partial charge in [-0.05, 0) is 63.0 Å². The van der Waals surface area contributed by atoms with Crippen LogP contribution in [0.4, 0.5) is 4.39 Å². The average Bonchev–Trinajstić information content (AvgIpc) is 2.72. The second-order valence-corrected chi connectivity index (χ2v) is 8.05. The molecule has 1 heterocycles. The van der Waals surface area contributed by atoms with Crippen LogP contribution in [0.2, 0.25) is 0 Å². The molecule has 0 amide bonds. The number of benzene rings is 1. The number of hydrogen-bond acceptors (Lipinski definition) is 3. The Morgan fingerprint density at radius 3 is 2.38 bits per heavy atom. The summed E-state index contributed by atoms with van der Waals surface area (Å²) in [6, 6.07) is 2.55. The standard InChI is InChI=1S/C15H23FN2O2S/c1-11-7-14(16)8-12(2)15(11)21(19,20)18(4)10-13-5-6-17(3)9-13/h7-8,13H,5-6,9-10H2,1-4H3. The Morgan fingerprint density at radius 1 is 1.33 bits per heavy atom. The van der Waals surface area contributed by atoms with Gasteiger partial charge in [0.05, 0.1) is 4.90 Å². The predicted octanol–water partition coefficient (Wildman–Crippen LogP) is 2.01. The average molecular weight is 314 g/mol. The molecule has 0 spiro atoms. The van der Waals surface area contributed by atoms with Crippen molar-refractivity contribution in [3.8, 4) is 0 Å². The Morgan fingerprint density at radius 2 is 1.90 bits per heavy atom. The molecule has 1 aromatic rings. The zero-order chi connectivity index (χ0) is 15.8. The van der Waals surface area contributed by atoms with Gasteiger partial charge in [0.15, 0.2) is 0 Å². The molecule has 1 aliphatic heterocycles. The first-order valence-corrected chi connectivity index (χ1v) is 8.57. The van der Waals surface area contributed by atoms with E-state index in [1.54, 1.807) is 20.9 Å². The molecule has 0 N–H and O–H groups in total. The van der Waals surface area contributed by atoms with Crippen LogP contribution in [0.15, 0.2) is 17.0 Å². The Hall–Kier alpha value is -0.980. The third kappa shape index (κ3) is 3.44. The number of rotatable bonds is 4. The summed E-state index contributed by atoms with van der Waals surface area (Å²) < 4.78 is 40.2. The molecule has 1 atom stereocenters. The monoisotopic (exact) mass is 314 g/mol. The fraction of sp³-hybridized carbons (Fsp3) is 0.600. The molecule has 0 bridgehead atoms. The molecule has 6 heteroatoms. The van der Waals surface area contributed by atoms with E-state index in [0.717, 1.165) is 19.5 Å². The molecular formula is C15H23FN2O2S. The molecule has 0 saturated carbocycles. The summed E-state index contributed by atoms with van der Waals surface area (Å²) >= 11 is 0. The van der Waals surface area contributed by atoms with E-state index in [1.165, 1.54) is 16.4 Å². The molecule has 118 valence electrons. The van der Waals surface area contributed by atoms with Gasteiger partial charge in [-0.2, -0.15) is 0 Å². The van der Waals surface area contributed by atoms with Crippen LogP contribution in [-0.4, -0.2) is 51.4 Å². The lowest BCUT2D eigenvalue weighted by atomic mass is 10.1. The van der Waals surface area contributed by atoms with Gasteiger partial charge in [0.2, 0.25) is 10.0 Å². The Bertz CT molecular complexity index is 608. The highest BCUT2D eigenvalue weighted by molar-refractivity contribution is 7.89. The van der Waals surface area contributed by atoms with Crippen molar-refractivity contribution in [1.82, 2.24) is 9.21 Å². The van der Waals surface area contributed by atoms with Gasteiger partial charge in [-0.3, -0.25) is 0 Å². The highest BCUT2D eigenvalue weighted by Gasteiger charge is 2.29.